The van der Waals surface area contributed by atoms with Crippen LogP contribution in [0.15, 0.2) is 30.3 Å². The van der Waals surface area contributed by atoms with E-state index < -0.39 is 5.79 Å². The average Bonchev–Trinajstić information content (AvgIpc) is 3.21. The lowest BCUT2D eigenvalue weighted by Crippen LogP contribution is -2.49. The molecule has 2 aliphatic heterocycles. The molecule has 3 fully saturated rings. The maximum atomic E-state index is 12.9. The van der Waals surface area contributed by atoms with Gasteiger partial charge in [-0.2, -0.15) is 0 Å². The average molecular weight is 386 g/mol. The lowest BCUT2D eigenvalue weighted by Gasteiger charge is -2.39. The molecule has 2 saturated heterocycles. The number of anilines is 1. The van der Waals surface area contributed by atoms with Crippen molar-refractivity contribution >= 4 is 17.5 Å². The van der Waals surface area contributed by atoms with Crippen LogP contribution >= 0.6 is 0 Å². The highest BCUT2D eigenvalue weighted by Crippen LogP contribution is 2.35. The Morgan fingerprint density at radius 3 is 2.14 bits per heavy atom. The zero-order chi connectivity index (χ0) is 19.6. The topological polar surface area (TPSA) is 59.1 Å². The highest BCUT2D eigenvalue weighted by molar-refractivity contribution is 5.94. The number of nitrogens with zero attached hydrogens (tertiary/aromatic N) is 2. The van der Waals surface area contributed by atoms with Crippen molar-refractivity contribution in [2.45, 2.75) is 44.3 Å². The lowest BCUT2D eigenvalue weighted by molar-refractivity contribution is -0.188. The summed E-state index contributed by atoms with van der Waals surface area (Å²) < 4.78 is 11.5. The molecule has 28 heavy (non-hydrogen) atoms. The van der Waals surface area contributed by atoms with E-state index in [9.17, 15) is 9.59 Å². The molecule has 4 rings (SSSR count). The fourth-order valence-electron chi connectivity index (χ4n) is 4.75. The van der Waals surface area contributed by atoms with Crippen molar-refractivity contribution in [2.24, 2.45) is 11.8 Å². The molecule has 6 nitrogen and oxygen atoms in total. The van der Waals surface area contributed by atoms with E-state index in [-0.39, 0.29) is 23.7 Å². The van der Waals surface area contributed by atoms with E-state index in [1.807, 2.05) is 42.3 Å². The molecule has 0 radical (unpaired) electrons. The first-order valence-electron chi connectivity index (χ1n) is 10.5. The molecule has 0 unspecified atom stereocenters. The number of carbonyl (C=O) groups excluding carboxylic acids is 2. The molecule has 2 heterocycles. The van der Waals surface area contributed by atoms with Crippen LogP contribution in [-0.2, 0) is 19.1 Å². The lowest BCUT2D eigenvalue weighted by atomic mass is 9.80. The number of rotatable bonds is 3. The minimum absolute atomic E-state index is 0.0131. The van der Waals surface area contributed by atoms with E-state index in [0.29, 0.717) is 26.3 Å². The van der Waals surface area contributed by atoms with Gasteiger partial charge in [0.15, 0.2) is 5.79 Å². The molecule has 1 aromatic rings. The highest BCUT2D eigenvalue weighted by atomic mass is 16.7. The van der Waals surface area contributed by atoms with Gasteiger partial charge in [0.1, 0.15) is 0 Å². The number of likely N-dealkylation sites (tertiary alicyclic amines) is 1. The van der Waals surface area contributed by atoms with E-state index in [2.05, 4.69) is 0 Å². The minimum Gasteiger partial charge on any atom is -0.347 e. The molecule has 0 aromatic heterocycles. The van der Waals surface area contributed by atoms with Gasteiger partial charge in [0.2, 0.25) is 11.8 Å². The second kappa shape index (κ2) is 8.21. The van der Waals surface area contributed by atoms with E-state index in [1.54, 1.807) is 4.90 Å². The summed E-state index contributed by atoms with van der Waals surface area (Å²) >= 11 is 0. The number of piperidine rings is 1. The monoisotopic (exact) mass is 386 g/mol. The van der Waals surface area contributed by atoms with E-state index in [0.717, 1.165) is 44.2 Å². The second-order valence-corrected chi connectivity index (χ2v) is 8.21. The molecule has 0 N–H and O–H groups in total. The predicted molar refractivity (Wildman–Crippen MR) is 106 cm³/mol. The third-order valence-electron chi connectivity index (χ3n) is 6.55. The maximum absolute atomic E-state index is 12.9. The van der Waals surface area contributed by atoms with Gasteiger partial charge in [-0.25, -0.2) is 0 Å². The molecule has 1 aromatic carbocycles. The number of carbonyl (C=O) groups is 2. The Kier molecular flexibility index (Phi) is 5.69. The van der Waals surface area contributed by atoms with Crippen LogP contribution in [0.3, 0.4) is 0 Å². The van der Waals surface area contributed by atoms with Gasteiger partial charge in [-0.1, -0.05) is 18.2 Å². The number of hydrogen-bond acceptors (Lipinski definition) is 4. The Balaban J connectivity index is 1.27. The largest absolute Gasteiger partial charge is 0.347 e. The highest BCUT2D eigenvalue weighted by Gasteiger charge is 2.42. The maximum Gasteiger partial charge on any atom is 0.229 e. The van der Waals surface area contributed by atoms with Crippen LogP contribution in [0.25, 0.3) is 0 Å². The summed E-state index contributed by atoms with van der Waals surface area (Å²) in [5.74, 6) is 0.0236. The summed E-state index contributed by atoms with van der Waals surface area (Å²) in [6, 6.07) is 9.74. The van der Waals surface area contributed by atoms with Gasteiger partial charge in [-0.05, 0) is 37.8 Å². The quantitative estimate of drug-likeness (QED) is 0.802. The molecule has 6 heteroatoms. The smallest absolute Gasteiger partial charge is 0.229 e. The molecule has 1 spiro atoms. The van der Waals surface area contributed by atoms with Crippen LogP contribution < -0.4 is 4.90 Å². The number of benzene rings is 1. The van der Waals surface area contributed by atoms with Crippen LogP contribution in [0.2, 0.25) is 0 Å². The zero-order valence-electron chi connectivity index (χ0n) is 16.6. The summed E-state index contributed by atoms with van der Waals surface area (Å²) in [7, 11) is 1.84. The standard InChI is InChI=1S/C22H30N2O4/c1-23(19-5-3-2-4-6-19)20(25)17-7-9-18(10-8-17)21(26)24-13-11-22(12-14-24)27-15-16-28-22/h2-6,17-18H,7-16H2,1H3. The SMILES string of the molecule is CN(C(=O)C1CCC(C(=O)N2CCC3(CC2)OCCO3)CC1)c1ccccc1. The molecular formula is C22H30N2O4. The van der Waals surface area contributed by atoms with E-state index in [1.165, 1.54) is 0 Å². The molecule has 2 amide bonds. The van der Waals surface area contributed by atoms with Crippen LogP contribution in [0.5, 0.6) is 0 Å². The van der Waals surface area contributed by atoms with Gasteiger partial charge in [-0.15, -0.1) is 0 Å². The number of para-hydroxylation sites is 1. The van der Waals surface area contributed by atoms with Crippen LogP contribution in [0.4, 0.5) is 5.69 Å². The Bertz CT molecular complexity index is 684. The van der Waals surface area contributed by atoms with Crippen molar-refractivity contribution in [3.8, 4) is 0 Å². The van der Waals surface area contributed by atoms with Crippen LogP contribution in [0, 0.1) is 11.8 Å². The van der Waals surface area contributed by atoms with Crippen molar-refractivity contribution in [3.05, 3.63) is 30.3 Å². The number of amides is 2. The summed E-state index contributed by atoms with van der Waals surface area (Å²) in [5.41, 5.74) is 0.921. The van der Waals surface area contributed by atoms with Gasteiger partial charge < -0.3 is 19.3 Å². The third kappa shape index (κ3) is 3.94. The fraction of sp³-hybridized carbons (Fsp3) is 0.636. The van der Waals surface area contributed by atoms with Crippen LogP contribution in [0.1, 0.15) is 38.5 Å². The van der Waals surface area contributed by atoms with Gasteiger partial charge in [-0.3, -0.25) is 9.59 Å². The molecular weight excluding hydrogens is 356 g/mol. The fourth-order valence-corrected chi connectivity index (χ4v) is 4.75. The number of hydrogen-bond donors (Lipinski definition) is 0. The van der Waals surface area contributed by atoms with Gasteiger partial charge in [0.05, 0.1) is 13.2 Å². The van der Waals surface area contributed by atoms with Crippen molar-refractivity contribution in [2.75, 3.05) is 38.3 Å². The molecule has 0 bridgehead atoms. The third-order valence-corrected chi connectivity index (χ3v) is 6.55. The molecule has 1 saturated carbocycles. The van der Waals surface area contributed by atoms with E-state index >= 15 is 0 Å². The summed E-state index contributed by atoms with van der Waals surface area (Å²) in [5, 5.41) is 0. The van der Waals surface area contributed by atoms with Crippen molar-refractivity contribution in [3.63, 3.8) is 0 Å². The Hall–Kier alpha value is -1.92. The minimum atomic E-state index is -0.442. The summed E-state index contributed by atoms with van der Waals surface area (Å²) in [4.78, 5) is 29.5. The first-order chi connectivity index (χ1) is 13.6. The molecule has 0 atom stereocenters. The normalized spacial score (nSPS) is 27.0. The zero-order valence-corrected chi connectivity index (χ0v) is 16.6. The van der Waals surface area contributed by atoms with Crippen LogP contribution in [-0.4, -0.2) is 55.9 Å². The first kappa shape index (κ1) is 19.4. The van der Waals surface area contributed by atoms with Crippen molar-refractivity contribution in [1.29, 1.82) is 0 Å². The molecule has 152 valence electrons. The van der Waals surface area contributed by atoms with Gasteiger partial charge in [0.25, 0.3) is 0 Å². The summed E-state index contributed by atoms with van der Waals surface area (Å²) in [6.45, 7) is 2.72. The molecule has 1 aliphatic carbocycles. The van der Waals surface area contributed by atoms with E-state index in [4.69, 9.17) is 9.47 Å². The first-order valence-corrected chi connectivity index (χ1v) is 10.5. The van der Waals surface area contributed by atoms with Crippen molar-refractivity contribution < 1.29 is 19.1 Å². The second-order valence-electron chi connectivity index (χ2n) is 8.21. The molecule has 3 aliphatic rings. The Morgan fingerprint density at radius 2 is 1.54 bits per heavy atom. The number of ether oxygens (including phenoxy) is 2. The Labute approximate surface area is 166 Å². The Morgan fingerprint density at radius 1 is 0.964 bits per heavy atom. The van der Waals surface area contributed by atoms with Gasteiger partial charge in [0, 0.05) is 50.5 Å². The summed E-state index contributed by atoms with van der Waals surface area (Å²) in [6.07, 6.45) is 4.69. The van der Waals surface area contributed by atoms with Crippen molar-refractivity contribution in [1.82, 2.24) is 4.90 Å². The van der Waals surface area contributed by atoms with Gasteiger partial charge >= 0.3 is 0 Å². The predicted octanol–water partition coefficient (Wildman–Crippen LogP) is 2.82.